The van der Waals surface area contributed by atoms with Gasteiger partial charge < -0.3 is 10.4 Å². The molecule has 0 aliphatic heterocycles. The molecule has 114 valence electrons. The first-order valence-corrected chi connectivity index (χ1v) is 7.28. The predicted octanol–water partition coefficient (Wildman–Crippen LogP) is 3.67. The highest BCUT2D eigenvalue weighted by molar-refractivity contribution is 5.96. The lowest BCUT2D eigenvalue weighted by atomic mass is 9.96. The highest BCUT2D eigenvalue weighted by Crippen LogP contribution is 2.33. The maximum atomic E-state index is 11.3. The first-order chi connectivity index (χ1) is 10.0. The number of nitro benzene ring substituents is 1. The van der Waals surface area contributed by atoms with E-state index >= 15 is 0 Å². The summed E-state index contributed by atoms with van der Waals surface area (Å²) in [5.74, 6) is -0.781. The van der Waals surface area contributed by atoms with Crippen molar-refractivity contribution < 1.29 is 14.8 Å². The summed E-state index contributed by atoms with van der Waals surface area (Å²) in [5.41, 5.74) is -0.0826. The lowest BCUT2D eigenvalue weighted by Gasteiger charge is -2.24. The predicted molar refractivity (Wildman–Crippen MR) is 79.7 cm³/mol. The van der Waals surface area contributed by atoms with E-state index in [0.717, 1.165) is 32.1 Å². The third-order valence-corrected chi connectivity index (χ3v) is 4.16. The number of rotatable bonds is 4. The summed E-state index contributed by atoms with van der Waals surface area (Å²) in [6, 6.07) is 4.23. The quantitative estimate of drug-likeness (QED) is 0.501. The molecule has 2 unspecified atom stereocenters. The summed E-state index contributed by atoms with van der Waals surface area (Å²) in [5, 5.41) is 23.6. The normalized spacial score (nSPS) is 22.3. The van der Waals surface area contributed by atoms with Gasteiger partial charge in [0, 0.05) is 12.1 Å². The van der Waals surface area contributed by atoms with Crippen LogP contribution < -0.4 is 5.32 Å². The number of carboxylic acids is 1. The second-order valence-electron chi connectivity index (χ2n) is 5.63. The molecule has 21 heavy (non-hydrogen) atoms. The maximum Gasteiger partial charge on any atom is 0.338 e. The third-order valence-electron chi connectivity index (χ3n) is 4.16. The van der Waals surface area contributed by atoms with Gasteiger partial charge in [-0.1, -0.05) is 32.3 Å². The van der Waals surface area contributed by atoms with Crippen LogP contribution in [0.25, 0.3) is 0 Å². The van der Waals surface area contributed by atoms with Gasteiger partial charge in [0.25, 0.3) is 5.69 Å². The molecule has 0 bridgehead atoms. The van der Waals surface area contributed by atoms with Crippen LogP contribution in [0.5, 0.6) is 0 Å². The molecule has 1 aromatic carbocycles. The van der Waals surface area contributed by atoms with Gasteiger partial charge in [0.2, 0.25) is 0 Å². The molecule has 1 aliphatic carbocycles. The summed E-state index contributed by atoms with van der Waals surface area (Å²) in [6.45, 7) is 2.11. The molecule has 6 heteroatoms. The number of nitrogens with zero attached hydrogens (tertiary/aromatic N) is 1. The molecule has 1 fully saturated rings. The molecule has 2 N–H and O–H groups in total. The third kappa shape index (κ3) is 3.51. The summed E-state index contributed by atoms with van der Waals surface area (Å²) in [7, 11) is 0. The Morgan fingerprint density at radius 2 is 2.05 bits per heavy atom. The van der Waals surface area contributed by atoms with Crippen molar-refractivity contribution in [2.45, 2.75) is 45.1 Å². The molecule has 6 nitrogen and oxygen atoms in total. The SMILES string of the molecule is CC1CCCCCC1Nc1c(C(=O)O)cccc1[N+](=O)[O-]. The highest BCUT2D eigenvalue weighted by Gasteiger charge is 2.26. The Balaban J connectivity index is 2.36. The van der Waals surface area contributed by atoms with Crippen molar-refractivity contribution >= 4 is 17.3 Å². The van der Waals surface area contributed by atoms with Gasteiger partial charge in [0.05, 0.1) is 10.5 Å². The van der Waals surface area contributed by atoms with E-state index in [0.29, 0.717) is 5.92 Å². The minimum Gasteiger partial charge on any atom is -0.478 e. The molecule has 0 saturated heterocycles. The van der Waals surface area contributed by atoms with Crippen LogP contribution in [0.4, 0.5) is 11.4 Å². The zero-order valence-electron chi connectivity index (χ0n) is 12.0. The van der Waals surface area contributed by atoms with E-state index in [-0.39, 0.29) is 23.0 Å². The van der Waals surface area contributed by atoms with Crippen molar-refractivity contribution in [3.8, 4) is 0 Å². The summed E-state index contributed by atoms with van der Waals surface area (Å²) in [6.07, 6.45) is 5.34. The zero-order valence-corrected chi connectivity index (χ0v) is 12.0. The second kappa shape index (κ2) is 6.56. The number of nitro groups is 1. The fourth-order valence-corrected chi connectivity index (χ4v) is 2.92. The molecular formula is C15H20N2O4. The first-order valence-electron chi connectivity index (χ1n) is 7.28. The second-order valence-corrected chi connectivity index (χ2v) is 5.63. The van der Waals surface area contributed by atoms with E-state index in [4.69, 9.17) is 0 Å². The number of hydrogen-bond acceptors (Lipinski definition) is 4. The molecule has 1 aliphatic rings. The molecule has 0 heterocycles. The Kier molecular flexibility index (Phi) is 4.77. The number of carbonyl (C=O) groups is 1. The minimum atomic E-state index is -1.15. The molecule has 1 aromatic rings. The highest BCUT2D eigenvalue weighted by atomic mass is 16.6. The maximum absolute atomic E-state index is 11.3. The van der Waals surface area contributed by atoms with Crippen LogP contribution in [-0.4, -0.2) is 22.0 Å². The van der Waals surface area contributed by atoms with Crippen LogP contribution in [0, 0.1) is 16.0 Å². The van der Waals surface area contributed by atoms with Gasteiger partial charge in [-0.15, -0.1) is 0 Å². The van der Waals surface area contributed by atoms with Crippen LogP contribution in [0.1, 0.15) is 49.4 Å². The fraction of sp³-hybridized carbons (Fsp3) is 0.533. The number of para-hydroxylation sites is 1. The van der Waals surface area contributed by atoms with Crippen LogP contribution in [0.15, 0.2) is 18.2 Å². The number of hydrogen-bond donors (Lipinski definition) is 2. The smallest absolute Gasteiger partial charge is 0.338 e. The topological polar surface area (TPSA) is 92.5 Å². The number of nitrogens with one attached hydrogen (secondary N) is 1. The number of carboxylic acid groups (broad SMARTS) is 1. The van der Waals surface area contributed by atoms with E-state index in [1.165, 1.54) is 18.2 Å². The molecule has 0 spiro atoms. The zero-order chi connectivity index (χ0) is 15.4. The van der Waals surface area contributed by atoms with Crippen LogP contribution >= 0.6 is 0 Å². The first kappa shape index (κ1) is 15.3. The number of aromatic carboxylic acids is 1. The van der Waals surface area contributed by atoms with E-state index in [1.807, 2.05) is 0 Å². The van der Waals surface area contributed by atoms with Crippen molar-refractivity contribution in [2.24, 2.45) is 5.92 Å². The van der Waals surface area contributed by atoms with Crippen LogP contribution in [0.2, 0.25) is 0 Å². The van der Waals surface area contributed by atoms with E-state index < -0.39 is 10.9 Å². The van der Waals surface area contributed by atoms with E-state index in [2.05, 4.69) is 12.2 Å². The van der Waals surface area contributed by atoms with Crippen molar-refractivity contribution in [3.63, 3.8) is 0 Å². The monoisotopic (exact) mass is 292 g/mol. The standard InChI is InChI=1S/C15H20N2O4/c1-10-6-3-2-4-8-12(10)16-14-11(15(18)19)7-5-9-13(14)17(20)21/h5,7,9-10,12,16H,2-4,6,8H2,1H3,(H,18,19). The van der Waals surface area contributed by atoms with Crippen molar-refractivity contribution in [2.75, 3.05) is 5.32 Å². The van der Waals surface area contributed by atoms with Gasteiger partial charge in [0.15, 0.2) is 0 Å². The summed E-state index contributed by atoms with van der Waals surface area (Å²) >= 11 is 0. The van der Waals surface area contributed by atoms with Crippen LogP contribution in [-0.2, 0) is 0 Å². The molecule has 1 saturated carbocycles. The van der Waals surface area contributed by atoms with Crippen LogP contribution in [0.3, 0.4) is 0 Å². The molecule has 0 radical (unpaired) electrons. The molecular weight excluding hydrogens is 272 g/mol. The molecule has 2 atom stereocenters. The van der Waals surface area contributed by atoms with Crippen molar-refractivity contribution in [1.82, 2.24) is 0 Å². The van der Waals surface area contributed by atoms with Gasteiger partial charge in [-0.3, -0.25) is 10.1 Å². The van der Waals surface area contributed by atoms with Crippen molar-refractivity contribution in [3.05, 3.63) is 33.9 Å². The summed E-state index contributed by atoms with van der Waals surface area (Å²) < 4.78 is 0. The number of anilines is 1. The Bertz CT molecular complexity index is 512. The fourth-order valence-electron chi connectivity index (χ4n) is 2.92. The van der Waals surface area contributed by atoms with Gasteiger partial charge in [-0.25, -0.2) is 4.79 Å². The Hall–Kier alpha value is -2.11. The van der Waals surface area contributed by atoms with E-state index in [1.54, 1.807) is 0 Å². The van der Waals surface area contributed by atoms with Gasteiger partial charge in [0.1, 0.15) is 5.69 Å². The molecule has 2 rings (SSSR count). The number of benzene rings is 1. The average molecular weight is 292 g/mol. The van der Waals surface area contributed by atoms with Gasteiger partial charge >= 0.3 is 5.97 Å². The average Bonchev–Trinajstić information content (AvgIpc) is 2.64. The van der Waals surface area contributed by atoms with Gasteiger partial charge in [-0.05, 0) is 24.8 Å². The molecule has 0 aromatic heterocycles. The molecule has 0 amide bonds. The van der Waals surface area contributed by atoms with Gasteiger partial charge in [-0.2, -0.15) is 0 Å². The van der Waals surface area contributed by atoms with Crippen molar-refractivity contribution in [1.29, 1.82) is 0 Å². The lowest BCUT2D eigenvalue weighted by molar-refractivity contribution is -0.384. The Morgan fingerprint density at radius 1 is 1.33 bits per heavy atom. The largest absolute Gasteiger partial charge is 0.478 e. The Morgan fingerprint density at radius 3 is 2.71 bits per heavy atom. The Labute approximate surface area is 123 Å². The summed E-state index contributed by atoms with van der Waals surface area (Å²) in [4.78, 5) is 22.0. The minimum absolute atomic E-state index is 0.0411. The van der Waals surface area contributed by atoms with E-state index in [9.17, 15) is 20.0 Å². The lowest BCUT2D eigenvalue weighted by Crippen LogP contribution is -2.27.